The van der Waals surface area contributed by atoms with Crippen LogP contribution in [0.15, 0.2) is 36.5 Å². The van der Waals surface area contributed by atoms with Crippen molar-refractivity contribution >= 4 is 17.5 Å². The Balaban J connectivity index is 1.69. The first-order valence-corrected chi connectivity index (χ1v) is 6.16. The van der Waals surface area contributed by atoms with Crippen molar-refractivity contribution in [2.45, 2.75) is 6.61 Å². The molecule has 100 valence electrons. The Hall–Kier alpha value is -1.85. The Morgan fingerprint density at radius 2 is 1.95 bits per heavy atom. The molecule has 0 atom stereocenters. The van der Waals surface area contributed by atoms with E-state index >= 15 is 0 Å². The molecule has 1 heterocycles. The predicted molar refractivity (Wildman–Crippen MR) is 73.0 cm³/mol. The Morgan fingerprint density at radius 1 is 1.16 bits per heavy atom. The molecular weight excluding hydrogens is 266 g/mol. The molecule has 0 unspecified atom stereocenters. The zero-order chi connectivity index (χ0) is 13.5. The van der Waals surface area contributed by atoms with Crippen molar-refractivity contribution in [3.63, 3.8) is 0 Å². The van der Waals surface area contributed by atoms with Gasteiger partial charge in [-0.05, 0) is 5.56 Å². The summed E-state index contributed by atoms with van der Waals surface area (Å²) in [6.07, 6.45) is 1.45. The highest BCUT2D eigenvalue weighted by Crippen LogP contribution is 2.20. The maximum absolute atomic E-state index is 5.84. The molecular formula is C13H14ClN3O2. The molecule has 0 amide bonds. The summed E-state index contributed by atoms with van der Waals surface area (Å²) in [7, 11) is 0. The minimum Gasteiger partial charge on any atom is -0.486 e. The summed E-state index contributed by atoms with van der Waals surface area (Å²) in [5, 5.41) is 0.204. The van der Waals surface area contributed by atoms with Crippen molar-refractivity contribution in [2.75, 3.05) is 18.9 Å². The van der Waals surface area contributed by atoms with Gasteiger partial charge in [-0.25, -0.2) is 4.98 Å². The van der Waals surface area contributed by atoms with Gasteiger partial charge < -0.3 is 15.2 Å². The van der Waals surface area contributed by atoms with Crippen molar-refractivity contribution in [1.82, 2.24) is 9.97 Å². The Kier molecular flexibility index (Phi) is 4.94. The van der Waals surface area contributed by atoms with Gasteiger partial charge in [0, 0.05) is 0 Å². The zero-order valence-electron chi connectivity index (χ0n) is 10.3. The van der Waals surface area contributed by atoms with E-state index < -0.39 is 0 Å². The summed E-state index contributed by atoms with van der Waals surface area (Å²) < 4.78 is 10.9. The van der Waals surface area contributed by atoms with Crippen molar-refractivity contribution < 1.29 is 9.47 Å². The molecule has 0 saturated carbocycles. The Labute approximate surface area is 116 Å². The summed E-state index contributed by atoms with van der Waals surface area (Å²) in [5.74, 6) is 0.525. The fourth-order valence-electron chi connectivity index (χ4n) is 1.43. The lowest BCUT2D eigenvalue weighted by molar-refractivity contribution is 0.0887. The molecule has 1 aromatic heterocycles. The summed E-state index contributed by atoms with van der Waals surface area (Å²) >= 11 is 5.84. The quantitative estimate of drug-likeness (QED) is 0.649. The van der Waals surface area contributed by atoms with Crippen molar-refractivity contribution in [3.8, 4) is 5.75 Å². The zero-order valence-corrected chi connectivity index (χ0v) is 11.0. The van der Waals surface area contributed by atoms with Crippen LogP contribution in [-0.2, 0) is 11.3 Å². The smallest absolute Gasteiger partial charge is 0.221 e. The van der Waals surface area contributed by atoms with Gasteiger partial charge in [0.05, 0.1) is 19.4 Å². The van der Waals surface area contributed by atoms with Gasteiger partial charge in [0.25, 0.3) is 0 Å². The number of ether oxygens (including phenoxy) is 2. The first-order valence-electron chi connectivity index (χ1n) is 5.78. The number of nitrogen functional groups attached to an aromatic ring is 1. The molecule has 2 N–H and O–H groups in total. The van der Waals surface area contributed by atoms with E-state index in [1.807, 2.05) is 30.3 Å². The molecule has 0 aliphatic rings. The largest absolute Gasteiger partial charge is 0.486 e. The third kappa shape index (κ3) is 4.39. The standard InChI is InChI=1S/C13H14ClN3O2/c14-12-11(8-16-13(15)17-12)19-7-6-18-9-10-4-2-1-3-5-10/h1-5,8H,6-7,9H2,(H2,15,16,17). The van der Waals surface area contributed by atoms with Crippen LogP contribution in [-0.4, -0.2) is 23.2 Å². The summed E-state index contributed by atoms with van der Waals surface area (Å²) in [5.41, 5.74) is 6.50. The number of rotatable bonds is 6. The van der Waals surface area contributed by atoms with E-state index in [-0.39, 0.29) is 11.1 Å². The highest BCUT2D eigenvalue weighted by molar-refractivity contribution is 6.30. The third-order valence-electron chi connectivity index (χ3n) is 2.33. The van der Waals surface area contributed by atoms with E-state index in [1.54, 1.807) is 0 Å². The molecule has 2 aromatic rings. The number of nitrogens with two attached hydrogens (primary N) is 1. The minimum atomic E-state index is 0.123. The normalized spacial score (nSPS) is 10.4. The topological polar surface area (TPSA) is 70.3 Å². The number of aromatic nitrogens is 2. The molecule has 6 heteroatoms. The molecule has 0 fully saturated rings. The van der Waals surface area contributed by atoms with Crippen LogP contribution >= 0.6 is 11.6 Å². The molecule has 0 aliphatic carbocycles. The highest BCUT2D eigenvalue weighted by Gasteiger charge is 2.04. The number of halogens is 1. The summed E-state index contributed by atoms with van der Waals surface area (Å²) in [4.78, 5) is 7.59. The monoisotopic (exact) mass is 279 g/mol. The van der Waals surface area contributed by atoms with Crippen molar-refractivity contribution in [3.05, 3.63) is 47.2 Å². The van der Waals surface area contributed by atoms with Gasteiger partial charge in [0.1, 0.15) is 6.61 Å². The van der Waals surface area contributed by atoms with Crippen LogP contribution in [0.1, 0.15) is 5.56 Å². The third-order valence-corrected chi connectivity index (χ3v) is 2.60. The van der Waals surface area contributed by atoms with E-state index in [0.717, 1.165) is 5.56 Å². The van der Waals surface area contributed by atoms with Crippen molar-refractivity contribution in [1.29, 1.82) is 0 Å². The van der Waals surface area contributed by atoms with Gasteiger partial charge in [-0.15, -0.1) is 0 Å². The first-order chi connectivity index (χ1) is 9.25. The molecule has 19 heavy (non-hydrogen) atoms. The molecule has 5 nitrogen and oxygen atoms in total. The summed E-state index contributed by atoms with van der Waals surface area (Å²) in [6.45, 7) is 1.38. The Bertz CT molecular complexity index is 523. The SMILES string of the molecule is Nc1ncc(OCCOCc2ccccc2)c(Cl)n1. The maximum Gasteiger partial charge on any atom is 0.221 e. The molecule has 0 spiro atoms. The van der Waals surface area contributed by atoms with Crippen LogP contribution in [0, 0.1) is 0 Å². The lowest BCUT2D eigenvalue weighted by Crippen LogP contribution is -2.08. The minimum absolute atomic E-state index is 0.123. The van der Waals surface area contributed by atoms with Crippen LogP contribution in [0.5, 0.6) is 5.75 Å². The van der Waals surface area contributed by atoms with Crippen molar-refractivity contribution in [2.24, 2.45) is 0 Å². The second-order valence-corrected chi connectivity index (χ2v) is 4.13. The molecule has 2 rings (SSSR count). The van der Waals surface area contributed by atoms with E-state index in [9.17, 15) is 0 Å². The van der Waals surface area contributed by atoms with Gasteiger partial charge >= 0.3 is 0 Å². The molecule has 0 aliphatic heterocycles. The van der Waals surface area contributed by atoms with E-state index in [2.05, 4.69) is 9.97 Å². The van der Waals surface area contributed by atoms with Crippen LogP contribution in [0.25, 0.3) is 0 Å². The van der Waals surface area contributed by atoms with E-state index in [4.69, 9.17) is 26.8 Å². The van der Waals surface area contributed by atoms with Gasteiger partial charge in [-0.1, -0.05) is 41.9 Å². The van der Waals surface area contributed by atoms with Gasteiger partial charge in [0.2, 0.25) is 5.95 Å². The fraction of sp³-hybridized carbons (Fsp3) is 0.231. The number of benzene rings is 1. The second kappa shape index (κ2) is 6.92. The second-order valence-electron chi connectivity index (χ2n) is 3.77. The van der Waals surface area contributed by atoms with E-state index in [1.165, 1.54) is 6.20 Å². The first kappa shape index (κ1) is 13.6. The van der Waals surface area contributed by atoms with Crippen LogP contribution in [0.2, 0.25) is 5.15 Å². The fourth-order valence-corrected chi connectivity index (χ4v) is 1.62. The lowest BCUT2D eigenvalue weighted by atomic mass is 10.2. The number of hydrogen-bond acceptors (Lipinski definition) is 5. The number of anilines is 1. The van der Waals surface area contributed by atoms with Gasteiger partial charge in [0.15, 0.2) is 10.9 Å². The lowest BCUT2D eigenvalue weighted by Gasteiger charge is -2.08. The van der Waals surface area contributed by atoms with Crippen LogP contribution in [0.3, 0.4) is 0 Å². The Morgan fingerprint density at radius 3 is 2.68 bits per heavy atom. The summed E-state index contributed by atoms with van der Waals surface area (Å²) in [6, 6.07) is 9.92. The number of hydrogen-bond donors (Lipinski definition) is 1. The predicted octanol–water partition coefficient (Wildman–Crippen LogP) is 2.31. The van der Waals surface area contributed by atoms with Gasteiger partial charge in [-0.2, -0.15) is 4.98 Å². The molecule has 1 aromatic carbocycles. The van der Waals surface area contributed by atoms with E-state index in [0.29, 0.717) is 25.6 Å². The average molecular weight is 280 g/mol. The molecule has 0 radical (unpaired) electrons. The molecule has 0 saturated heterocycles. The van der Waals surface area contributed by atoms with Gasteiger partial charge in [-0.3, -0.25) is 0 Å². The number of nitrogens with zero attached hydrogens (tertiary/aromatic N) is 2. The van der Waals surface area contributed by atoms with Crippen LogP contribution < -0.4 is 10.5 Å². The molecule has 0 bridgehead atoms. The van der Waals surface area contributed by atoms with Crippen LogP contribution in [0.4, 0.5) is 5.95 Å². The maximum atomic E-state index is 5.84. The highest BCUT2D eigenvalue weighted by atomic mass is 35.5. The average Bonchev–Trinajstić information content (AvgIpc) is 2.42.